The summed E-state index contributed by atoms with van der Waals surface area (Å²) in [5.74, 6) is 0.960. The Hall–Kier alpha value is -0.570. The van der Waals surface area contributed by atoms with Gasteiger partial charge in [-0.1, -0.05) is 0 Å². The first kappa shape index (κ1) is 10.5. The van der Waals surface area contributed by atoms with Gasteiger partial charge in [-0.15, -0.1) is 0 Å². The fourth-order valence-electron chi connectivity index (χ4n) is 1.41. The lowest BCUT2D eigenvalue weighted by atomic mass is 10.2. The quantitative estimate of drug-likeness (QED) is 0.671. The summed E-state index contributed by atoms with van der Waals surface area (Å²) in [5.41, 5.74) is 0. The lowest BCUT2D eigenvalue weighted by Crippen LogP contribution is -2.32. The Kier molecular flexibility index (Phi) is 4.22. The summed E-state index contributed by atoms with van der Waals surface area (Å²) >= 11 is 0. The van der Waals surface area contributed by atoms with Gasteiger partial charge in [0.25, 0.3) is 0 Å². The molecule has 0 aromatic heterocycles. The lowest BCUT2D eigenvalue weighted by Gasteiger charge is -2.20. The molecule has 0 unspecified atom stereocenters. The van der Waals surface area contributed by atoms with Crippen molar-refractivity contribution < 1.29 is 9.90 Å². The third-order valence-corrected chi connectivity index (χ3v) is 2.46. The van der Waals surface area contributed by atoms with E-state index in [1.807, 2.05) is 11.8 Å². The standard InChI is InChI=1S/C10H19NO2/c1-2-11(8-9-5-6-9)10(13)4-3-7-12/h9,12H,2-8H2,1H3. The van der Waals surface area contributed by atoms with Crippen molar-refractivity contribution >= 4 is 5.91 Å². The SMILES string of the molecule is CCN(CC1CC1)C(=O)CCCO. The summed E-state index contributed by atoms with van der Waals surface area (Å²) in [6, 6.07) is 0. The predicted molar refractivity (Wildman–Crippen MR) is 51.3 cm³/mol. The highest BCUT2D eigenvalue weighted by Gasteiger charge is 2.25. The highest BCUT2D eigenvalue weighted by Crippen LogP contribution is 2.29. The molecule has 0 aliphatic heterocycles. The van der Waals surface area contributed by atoms with Gasteiger partial charge in [-0.25, -0.2) is 0 Å². The molecule has 1 fully saturated rings. The second-order valence-corrected chi connectivity index (χ2v) is 3.70. The lowest BCUT2D eigenvalue weighted by molar-refractivity contribution is -0.131. The van der Waals surface area contributed by atoms with Crippen molar-refractivity contribution in [3.63, 3.8) is 0 Å². The van der Waals surface area contributed by atoms with Crippen molar-refractivity contribution in [2.75, 3.05) is 19.7 Å². The van der Waals surface area contributed by atoms with E-state index >= 15 is 0 Å². The highest BCUT2D eigenvalue weighted by atomic mass is 16.3. The molecule has 1 N–H and O–H groups in total. The van der Waals surface area contributed by atoms with Crippen LogP contribution in [-0.2, 0) is 4.79 Å². The molecule has 1 amide bonds. The monoisotopic (exact) mass is 185 g/mol. The maximum Gasteiger partial charge on any atom is 0.222 e. The van der Waals surface area contributed by atoms with E-state index in [1.54, 1.807) is 0 Å². The summed E-state index contributed by atoms with van der Waals surface area (Å²) in [4.78, 5) is 13.4. The molecule has 1 aliphatic rings. The Balaban J connectivity index is 2.21. The molecule has 1 saturated carbocycles. The van der Waals surface area contributed by atoms with E-state index in [1.165, 1.54) is 12.8 Å². The number of aliphatic hydroxyl groups is 1. The minimum absolute atomic E-state index is 0.118. The van der Waals surface area contributed by atoms with E-state index in [2.05, 4.69) is 0 Å². The zero-order valence-electron chi connectivity index (χ0n) is 8.33. The molecule has 0 aromatic rings. The van der Waals surface area contributed by atoms with Gasteiger partial charge in [-0.2, -0.15) is 0 Å². The zero-order chi connectivity index (χ0) is 9.68. The van der Waals surface area contributed by atoms with Gasteiger partial charge in [0.1, 0.15) is 0 Å². The minimum Gasteiger partial charge on any atom is -0.396 e. The number of aliphatic hydroxyl groups excluding tert-OH is 1. The molecule has 0 spiro atoms. The van der Waals surface area contributed by atoms with E-state index in [-0.39, 0.29) is 12.5 Å². The molecule has 1 rings (SSSR count). The van der Waals surface area contributed by atoms with Gasteiger partial charge in [0, 0.05) is 26.1 Å². The second kappa shape index (κ2) is 5.22. The number of amides is 1. The smallest absolute Gasteiger partial charge is 0.222 e. The van der Waals surface area contributed by atoms with Crippen LogP contribution < -0.4 is 0 Å². The molecule has 0 atom stereocenters. The number of rotatable bonds is 6. The van der Waals surface area contributed by atoms with Crippen molar-refractivity contribution in [3.8, 4) is 0 Å². The van der Waals surface area contributed by atoms with Crippen molar-refractivity contribution in [1.29, 1.82) is 0 Å². The number of carbonyl (C=O) groups is 1. The first-order valence-corrected chi connectivity index (χ1v) is 5.16. The van der Waals surface area contributed by atoms with Crippen molar-refractivity contribution in [3.05, 3.63) is 0 Å². The van der Waals surface area contributed by atoms with Crippen LogP contribution in [0.5, 0.6) is 0 Å². The topological polar surface area (TPSA) is 40.5 Å². The zero-order valence-corrected chi connectivity index (χ0v) is 8.33. The molecule has 76 valence electrons. The molecule has 0 heterocycles. The third kappa shape index (κ3) is 3.77. The van der Waals surface area contributed by atoms with Crippen LogP contribution in [0.1, 0.15) is 32.6 Å². The van der Waals surface area contributed by atoms with E-state index in [0.29, 0.717) is 12.8 Å². The van der Waals surface area contributed by atoms with E-state index < -0.39 is 0 Å². The van der Waals surface area contributed by atoms with Crippen LogP contribution in [-0.4, -0.2) is 35.6 Å². The van der Waals surface area contributed by atoms with E-state index in [0.717, 1.165) is 19.0 Å². The average Bonchev–Trinajstić information content (AvgIpc) is 2.93. The van der Waals surface area contributed by atoms with Crippen LogP contribution in [0.25, 0.3) is 0 Å². The van der Waals surface area contributed by atoms with Crippen molar-refractivity contribution in [2.45, 2.75) is 32.6 Å². The number of nitrogens with zero attached hydrogens (tertiary/aromatic N) is 1. The molecule has 3 heteroatoms. The van der Waals surface area contributed by atoms with Gasteiger partial charge in [0.05, 0.1) is 0 Å². The Morgan fingerprint density at radius 2 is 2.23 bits per heavy atom. The molecule has 1 aliphatic carbocycles. The fourth-order valence-corrected chi connectivity index (χ4v) is 1.41. The third-order valence-electron chi connectivity index (χ3n) is 2.46. The summed E-state index contributed by atoms with van der Waals surface area (Å²) in [5, 5.41) is 8.59. The first-order chi connectivity index (χ1) is 6.27. The fraction of sp³-hybridized carbons (Fsp3) is 0.900. The van der Waals surface area contributed by atoms with Crippen molar-refractivity contribution in [2.24, 2.45) is 5.92 Å². The molecule has 0 bridgehead atoms. The first-order valence-electron chi connectivity index (χ1n) is 5.16. The van der Waals surface area contributed by atoms with Crippen LogP contribution in [0, 0.1) is 5.92 Å². The van der Waals surface area contributed by atoms with E-state index in [9.17, 15) is 4.79 Å². The van der Waals surface area contributed by atoms with Gasteiger partial charge in [0.2, 0.25) is 5.91 Å². The van der Waals surface area contributed by atoms with Gasteiger partial charge < -0.3 is 10.0 Å². The molecule has 0 aromatic carbocycles. The molecule has 0 saturated heterocycles. The molecular weight excluding hydrogens is 166 g/mol. The highest BCUT2D eigenvalue weighted by molar-refractivity contribution is 5.76. The van der Waals surface area contributed by atoms with Gasteiger partial charge in [-0.05, 0) is 32.1 Å². The minimum atomic E-state index is 0.118. The molecule has 13 heavy (non-hydrogen) atoms. The summed E-state index contributed by atoms with van der Waals surface area (Å²) < 4.78 is 0. The number of hydrogen-bond acceptors (Lipinski definition) is 2. The second-order valence-electron chi connectivity index (χ2n) is 3.70. The largest absolute Gasteiger partial charge is 0.396 e. The van der Waals surface area contributed by atoms with Crippen LogP contribution in [0.4, 0.5) is 0 Å². The summed E-state index contributed by atoms with van der Waals surface area (Å²) in [7, 11) is 0. The van der Waals surface area contributed by atoms with Crippen LogP contribution >= 0.6 is 0 Å². The summed E-state index contributed by atoms with van der Waals surface area (Å²) in [6.45, 7) is 3.87. The maximum absolute atomic E-state index is 11.5. The summed E-state index contributed by atoms with van der Waals surface area (Å²) in [6.07, 6.45) is 3.66. The maximum atomic E-state index is 11.5. The van der Waals surface area contributed by atoms with Crippen molar-refractivity contribution in [1.82, 2.24) is 4.90 Å². The van der Waals surface area contributed by atoms with E-state index in [4.69, 9.17) is 5.11 Å². The van der Waals surface area contributed by atoms with Gasteiger partial charge in [-0.3, -0.25) is 4.79 Å². The predicted octanol–water partition coefficient (Wildman–Crippen LogP) is 1.02. The normalized spacial score (nSPS) is 15.8. The number of carbonyl (C=O) groups excluding carboxylic acids is 1. The molecule has 3 nitrogen and oxygen atoms in total. The number of hydrogen-bond donors (Lipinski definition) is 1. The Morgan fingerprint density at radius 3 is 2.69 bits per heavy atom. The Morgan fingerprint density at radius 1 is 1.54 bits per heavy atom. The van der Waals surface area contributed by atoms with Gasteiger partial charge in [0.15, 0.2) is 0 Å². The van der Waals surface area contributed by atoms with Crippen LogP contribution in [0.3, 0.4) is 0 Å². The Bertz CT molecular complexity index is 166. The van der Waals surface area contributed by atoms with Crippen LogP contribution in [0.15, 0.2) is 0 Å². The molecular formula is C10H19NO2. The molecule has 0 radical (unpaired) electrons. The van der Waals surface area contributed by atoms with Gasteiger partial charge >= 0.3 is 0 Å². The average molecular weight is 185 g/mol. The Labute approximate surface area is 79.7 Å². The van der Waals surface area contributed by atoms with Crippen LogP contribution in [0.2, 0.25) is 0 Å².